The molecule has 0 saturated carbocycles. The van der Waals surface area contributed by atoms with Crippen LogP contribution in [0.3, 0.4) is 0 Å². The van der Waals surface area contributed by atoms with Gasteiger partial charge < -0.3 is 15.1 Å². The SMILES string of the molecule is CN(C)CCNC(=O)c1ccc2c(c1)N(Cc1ccc(Cl)cc1)C(=O)c1ccccc1[S@]2=O. The lowest BCUT2D eigenvalue weighted by atomic mass is 10.1. The molecule has 0 aromatic heterocycles. The van der Waals surface area contributed by atoms with Crippen molar-refractivity contribution in [3.05, 3.63) is 88.4 Å². The van der Waals surface area contributed by atoms with Gasteiger partial charge >= 0.3 is 0 Å². The number of hydrogen-bond donors (Lipinski definition) is 1. The van der Waals surface area contributed by atoms with Gasteiger partial charge in [-0.3, -0.25) is 9.59 Å². The Bertz CT molecular complexity index is 1230. The predicted molar refractivity (Wildman–Crippen MR) is 130 cm³/mol. The summed E-state index contributed by atoms with van der Waals surface area (Å²) in [7, 11) is 2.30. The Balaban J connectivity index is 1.77. The number of nitrogens with zero attached hydrogens (tertiary/aromatic N) is 2. The normalized spacial score (nSPS) is 15.1. The van der Waals surface area contributed by atoms with Crippen molar-refractivity contribution in [1.29, 1.82) is 0 Å². The minimum Gasteiger partial charge on any atom is -0.351 e. The third-order valence-corrected chi connectivity index (χ3v) is 7.12. The van der Waals surface area contributed by atoms with Crippen molar-refractivity contribution in [2.75, 3.05) is 32.1 Å². The zero-order valence-electron chi connectivity index (χ0n) is 18.4. The van der Waals surface area contributed by atoms with Crippen LogP contribution in [0.5, 0.6) is 0 Å². The highest BCUT2D eigenvalue weighted by molar-refractivity contribution is 7.85. The van der Waals surface area contributed by atoms with Crippen LogP contribution in [0.1, 0.15) is 26.3 Å². The second-order valence-corrected chi connectivity index (χ2v) is 9.88. The number of halogens is 1. The molecule has 170 valence electrons. The van der Waals surface area contributed by atoms with Gasteiger partial charge in [-0.15, -0.1) is 0 Å². The van der Waals surface area contributed by atoms with E-state index in [1.54, 1.807) is 59.5 Å². The van der Waals surface area contributed by atoms with Crippen LogP contribution in [0, 0.1) is 0 Å². The van der Waals surface area contributed by atoms with Crippen molar-refractivity contribution < 1.29 is 13.8 Å². The van der Waals surface area contributed by atoms with Crippen LogP contribution in [-0.4, -0.2) is 48.1 Å². The maximum atomic E-state index is 13.6. The summed E-state index contributed by atoms with van der Waals surface area (Å²) >= 11 is 6.02. The van der Waals surface area contributed by atoms with E-state index in [4.69, 9.17) is 11.6 Å². The van der Waals surface area contributed by atoms with Crippen LogP contribution in [0.25, 0.3) is 0 Å². The molecule has 4 rings (SSSR count). The molecule has 1 N–H and O–H groups in total. The van der Waals surface area contributed by atoms with Gasteiger partial charge in [0.1, 0.15) is 0 Å². The first kappa shape index (κ1) is 23.2. The van der Waals surface area contributed by atoms with Gasteiger partial charge in [0.05, 0.1) is 38.4 Å². The molecule has 1 atom stereocenters. The van der Waals surface area contributed by atoms with E-state index in [0.717, 1.165) is 5.56 Å². The predicted octanol–water partition coefficient (Wildman–Crippen LogP) is 3.96. The first-order chi connectivity index (χ1) is 15.8. The van der Waals surface area contributed by atoms with Gasteiger partial charge in [-0.2, -0.15) is 0 Å². The Hall–Kier alpha value is -3.00. The average Bonchev–Trinajstić information content (AvgIpc) is 2.89. The standard InChI is InChI=1S/C25H24ClN3O3S/c1-28(2)14-13-27-24(30)18-9-12-23-21(15-18)29(16-17-7-10-19(26)11-8-17)25(31)20-5-3-4-6-22(20)33(23)32/h3-12,15H,13-14,16H2,1-2H3,(H,27,30)/t33-/m1/s1. The third kappa shape index (κ3) is 5.00. The largest absolute Gasteiger partial charge is 0.351 e. The summed E-state index contributed by atoms with van der Waals surface area (Å²) in [4.78, 5) is 30.9. The van der Waals surface area contributed by atoms with Crippen molar-refractivity contribution in [3.8, 4) is 0 Å². The molecule has 0 aliphatic carbocycles. The maximum absolute atomic E-state index is 13.6. The highest BCUT2D eigenvalue weighted by atomic mass is 35.5. The molecule has 33 heavy (non-hydrogen) atoms. The summed E-state index contributed by atoms with van der Waals surface area (Å²) in [6, 6.07) is 19.1. The van der Waals surface area contributed by atoms with E-state index in [2.05, 4.69) is 5.32 Å². The lowest BCUT2D eigenvalue weighted by Gasteiger charge is -2.23. The second-order valence-electron chi connectivity index (χ2n) is 8.02. The fourth-order valence-corrected chi connectivity index (χ4v) is 5.10. The minimum atomic E-state index is -1.57. The van der Waals surface area contributed by atoms with E-state index in [9.17, 15) is 13.8 Å². The molecule has 6 nitrogen and oxygen atoms in total. The summed E-state index contributed by atoms with van der Waals surface area (Å²) in [5.41, 5.74) is 2.12. The van der Waals surface area contributed by atoms with Crippen LogP contribution in [-0.2, 0) is 17.3 Å². The quantitative estimate of drug-likeness (QED) is 0.578. The third-order valence-electron chi connectivity index (χ3n) is 5.37. The number of amides is 2. The molecule has 1 aliphatic heterocycles. The van der Waals surface area contributed by atoms with Crippen LogP contribution < -0.4 is 10.2 Å². The zero-order chi connectivity index (χ0) is 23.5. The first-order valence-electron chi connectivity index (χ1n) is 10.5. The van der Waals surface area contributed by atoms with Crippen LogP contribution in [0.15, 0.2) is 76.5 Å². The number of carbonyl (C=O) groups excluding carboxylic acids is 2. The van der Waals surface area contributed by atoms with E-state index in [0.29, 0.717) is 44.7 Å². The Kier molecular flexibility index (Phi) is 6.93. The van der Waals surface area contributed by atoms with Gasteiger partial charge in [-0.05, 0) is 62.1 Å². The molecular weight excluding hydrogens is 458 g/mol. The number of rotatable bonds is 6. The topological polar surface area (TPSA) is 69.7 Å². The molecule has 3 aromatic carbocycles. The number of nitrogens with one attached hydrogen (secondary N) is 1. The van der Waals surface area contributed by atoms with Gasteiger partial charge in [-0.1, -0.05) is 35.9 Å². The first-order valence-corrected chi connectivity index (χ1v) is 12.0. The van der Waals surface area contributed by atoms with Crippen LogP contribution >= 0.6 is 11.6 Å². The molecule has 0 radical (unpaired) electrons. The zero-order valence-corrected chi connectivity index (χ0v) is 19.9. The van der Waals surface area contributed by atoms with E-state index >= 15 is 0 Å². The van der Waals surface area contributed by atoms with E-state index in [1.165, 1.54) is 0 Å². The number of carbonyl (C=O) groups is 2. The molecular formula is C25H24ClN3O3S. The molecule has 2 amide bonds. The fraction of sp³-hybridized carbons (Fsp3) is 0.200. The van der Waals surface area contributed by atoms with Gasteiger partial charge in [-0.25, -0.2) is 4.21 Å². The van der Waals surface area contributed by atoms with Crippen molar-refractivity contribution >= 4 is 39.9 Å². The molecule has 0 bridgehead atoms. The van der Waals surface area contributed by atoms with Gasteiger partial charge in [0, 0.05) is 23.7 Å². The molecule has 8 heteroatoms. The Morgan fingerprint density at radius 1 is 1.03 bits per heavy atom. The monoisotopic (exact) mass is 481 g/mol. The molecule has 1 heterocycles. The molecule has 0 saturated heterocycles. The van der Waals surface area contributed by atoms with Crippen molar-refractivity contribution in [3.63, 3.8) is 0 Å². The van der Waals surface area contributed by atoms with Crippen LogP contribution in [0.4, 0.5) is 5.69 Å². The smallest absolute Gasteiger partial charge is 0.259 e. The Labute approximate surface area is 200 Å². The number of hydrogen-bond acceptors (Lipinski definition) is 4. The average molecular weight is 482 g/mol. The molecule has 0 spiro atoms. The maximum Gasteiger partial charge on any atom is 0.259 e. The molecule has 0 fully saturated rings. The summed E-state index contributed by atoms with van der Waals surface area (Å²) in [6.45, 7) is 1.45. The summed E-state index contributed by atoms with van der Waals surface area (Å²) in [6.07, 6.45) is 0. The van der Waals surface area contributed by atoms with Crippen molar-refractivity contribution in [2.24, 2.45) is 0 Å². The van der Waals surface area contributed by atoms with E-state index < -0.39 is 10.8 Å². The van der Waals surface area contributed by atoms with Crippen LogP contribution in [0.2, 0.25) is 5.02 Å². The number of likely N-dealkylation sites (N-methyl/N-ethyl adjacent to an activating group) is 1. The summed E-state index contributed by atoms with van der Waals surface area (Å²) < 4.78 is 13.5. The van der Waals surface area contributed by atoms with E-state index in [-0.39, 0.29) is 18.4 Å². The summed E-state index contributed by atoms with van der Waals surface area (Å²) in [5.74, 6) is -0.510. The lowest BCUT2D eigenvalue weighted by Crippen LogP contribution is -2.32. The second kappa shape index (κ2) is 9.87. The molecule has 1 aliphatic rings. The Morgan fingerprint density at radius 2 is 1.76 bits per heavy atom. The van der Waals surface area contributed by atoms with Gasteiger partial charge in [0.15, 0.2) is 0 Å². The van der Waals surface area contributed by atoms with Gasteiger partial charge in [0.2, 0.25) is 0 Å². The van der Waals surface area contributed by atoms with Crippen molar-refractivity contribution in [1.82, 2.24) is 10.2 Å². The number of anilines is 1. The Morgan fingerprint density at radius 3 is 2.48 bits per heavy atom. The lowest BCUT2D eigenvalue weighted by molar-refractivity contribution is 0.0947. The number of benzene rings is 3. The van der Waals surface area contributed by atoms with Crippen molar-refractivity contribution in [2.45, 2.75) is 16.3 Å². The molecule has 0 unspecified atom stereocenters. The molecule has 3 aromatic rings. The highest BCUT2D eigenvalue weighted by Gasteiger charge is 2.31. The van der Waals surface area contributed by atoms with E-state index in [1.807, 2.05) is 31.1 Å². The fourth-order valence-electron chi connectivity index (χ4n) is 3.63. The highest BCUT2D eigenvalue weighted by Crippen LogP contribution is 2.36. The summed E-state index contributed by atoms with van der Waals surface area (Å²) in [5, 5.41) is 3.49. The minimum absolute atomic E-state index is 0.244. The van der Waals surface area contributed by atoms with Gasteiger partial charge in [0.25, 0.3) is 11.8 Å². The number of fused-ring (bicyclic) bond motifs is 2.